The van der Waals surface area contributed by atoms with Gasteiger partial charge >= 0.3 is 6.03 Å². The summed E-state index contributed by atoms with van der Waals surface area (Å²) >= 11 is 1.35. The van der Waals surface area contributed by atoms with E-state index < -0.39 is 0 Å². The molecule has 0 spiro atoms. The standard InChI is InChI=1S/C21H17FN2O2S/c1-26-17-9-6-8-16(13-17)24-21(25)23(14-15-7-2-3-10-18(15)22)19-11-4-5-12-20(19)27-24/h2-13H,14H2,1H3. The minimum absolute atomic E-state index is 0.156. The Hall–Kier alpha value is -2.99. The summed E-state index contributed by atoms with van der Waals surface area (Å²) < 4.78 is 21.1. The van der Waals surface area contributed by atoms with Gasteiger partial charge < -0.3 is 4.74 Å². The summed E-state index contributed by atoms with van der Waals surface area (Å²) in [6.07, 6.45) is 0. The highest BCUT2D eigenvalue weighted by Crippen LogP contribution is 2.42. The molecule has 0 fully saturated rings. The van der Waals surface area contributed by atoms with Crippen LogP contribution in [0.25, 0.3) is 0 Å². The van der Waals surface area contributed by atoms with Gasteiger partial charge in [0, 0.05) is 11.6 Å². The summed E-state index contributed by atoms with van der Waals surface area (Å²) in [6, 6.07) is 21.2. The molecule has 0 aliphatic carbocycles. The van der Waals surface area contributed by atoms with Crippen molar-refractivity contribution in [2.24, 2.45) is 0 Å². The highest BCUT2D eigenvalue weighted by atomic mass is 32.2. The van der Waals surface area contributed by atoms with Gasteiger partial charge in [-0.05, 0) is 42.3 Å². The van der Waals surface area contributed by atoms with Crippen LogP contribution in [0.3, 0.4) is 0 Å². The first kappa shape index (κ1) is 17.4. The number of amides is 2. The van der Waals surface area contributed by atoms with Crippen LogP contribution in [-0.4, -0.2) is 13.1 Å². The van der Waals surface area contributed by atoms with Gasteiger partial charge in [-0.2, -0.15) is 0 Å². The molecule has 2 amide bonds. The largest absolute Gasteiger partial charge is 0.497 e. The van der Waals surface area contributed by atoms with E-state index in [9.17, 15) is 9.18 Å². The zero-order valence-corrected chi connectivity index (χ0v) is 15.4. The molecule has 136 valence electrons. The van der Waals surface area contributed by atoms with Gasteiger partial charge in [0.15, 0.2) is 0 Å². The summed E-state index contributed by atoms with van der Waals surface area (Å²) in [5.74, 6) is 0.342. The average Bonchev–Trinajstić information content (AvgIpc) is 2.71. The van der Waals surface area contributed by atoms with E-state index in [0.717, 1.165) is 10.6 Å². The molecular formula is C21H17FN2O2S. The summed E-state index contributed by atoms with van der Waals surface area (Å²) in [5, 5.41) is 0. The number of fused-ring (bicyclic) bond motifs is 1. The van der Waals surface area contributed by atoms with Gasteiger partial charge in [-0.25, -0.2) is 13.5 Å². The zero-order valence-electron chi connectivity index (χ0n) is 14.6. The van der Waals surface area contributed by atoms with Gasteiger partial charge in [-0.1, -0.05) is 36.4 Å². The number of carbonyl (C=O) groups excluding carboxylic acids is 1. The molecule has 0 aromatic heterocycles. The lowest BCUT2D eigenvalue weighted by Gasteiger charge is -2.36. The number of ether oxygens (including phenoxy) is 1. The van der Waals surface area contributed by atoms with Crippen molar-refractivity contribution in [2.45, 2.75) is 11.4 Å². The maximum absolute atomic E-state index is 14.2. The SMILES string of the molecule is COc1cccc(N2Sc3ccccc3N(Cc3ccccc3F)C2=O)c1. The number of nitrogens with zero attached hydrogens (tertiary/aromatic N) is 2. The number of carbonyl (C=O) groups is 1. The van der Waals surface area contributed by atoms with Crippen molar-refractivity contribution in [3.63, 3.8) is 0 Å². The molecule has 0 unspecified atom stereocenters. The molecule has 0 bridgehead atoms. The minimum atomic E-state index is -0.325. The summed E-state index contributed by atoms with van der Waals surface area (Å²) in [7, 11) is 1.59. The lowest BCUT2D eigenvalue weighted by atomic mass is 10.2. The first-order chi connectivity index (χ1) is 13.2. The molecule has 6 heteroatoms. The molecule has 0 saturated heterocycles. The van der Waals surface area contributed by atoms with Gasteiger partial charge in [0.2, 0.25) is 0 Å². The smallest absolute Gasteiger partial charge is 0.339 e. The van der Waals surface area contributed by atoms with E-state index in [2.05, 4.69) is 0 Å². The monoisotopic (exact) mass is 380 g/mol. The van der Waals surface area contributed by atoms with Crippen LogP contribution in [-0.2, 0) is 6.54 Å². The first-order valence-electron chi connectivity index (χ1n) is 8.43. The lowest BCUT2D eigenvalue weighted by molar-refractivity contribution is 0.254. The normalized spacial score (nSPS) is 13.5. The molecule has 4 rings (SSSR count). The number of methoxy groups -OCH3 is 1. The Labute approximate surface area is 161 Å². The Morgan fingerprint density at radius 1 is 1.00 bits per heavy atom. The van der Waals surface area contributed by atoms with Crippen LogP contribution in [0.5, 0.6) is 5.75 Å². The molecule has 1 aliphatic rings. The number of rotatable bonds is 4. The Balaban J connectivity index is 1.75. The highest BCUT2D eigenvalue weighted by Gasteiger charge is 2.32. The van der Waals surface area contributed by atoms with Crippen molar-refractivity contribution in [3.8, 4) is 5.75 Å². The molecule has 3 aromatic carbocycles. The third kappa shape index (κ3) is 3.36. The number of halogens is 1. The summed E-state index contributed by atoms with van der Waals surface area (Å²) in [4.78, 5) is 15.8. The van der Waals surface area contributed by atoms with Crippen molar-refractivity contribution in [1.82, 2.24) is 0 Å². The van der Waals surface area contributed by atoms with Crippen LogP contribution < -0.4 is 13.9 Å². The molecule has 1 heterocycles. The van der Waals surface area contributed by atoms with Crippen LogP contribution in [0.1, 0.15) is 5.56 Å². The van der Waals surface area contributed by atoms with Crippen LogP contribution >= 0.6 is 11.9 Å². The molecule has 0 saturated carbocycles. The Morgan fingerprint density at radius 2 is 1.78 bits per heavy atom. The first-order valence-corrected chi connectivity index (χ1v) is 9.21. The van der Waals surface area contributed by atoms with E-state index in [-0.39, 0.29) is 18.4 Å². The number of benzene rings is 3. The number of hydrogen-bond donors (Lipinski definition) is 0. The van der Waals surface area contributed by atoms with Crippen molar-refractivity contribution >= 4 is 29.4 Å². The fraction of sp³-hybridized carbons (Fsp3) is 0.0952. The van der Waals surface area contributed by atoms with Crippen molar-refractivity contribution < 1.29 is 13.9 Å². The predicted molar refractivity (Wildman–Crippen MR) is 106 cm³/mol. The fourth-order valence-electron chi connectivity index (χ4n) is 2.96. The van der Waals surface area contributed by atoms with Crippen LogP contribution in [0.15, 0.2) is 77.7 Å². The van der Waals surface area contributed by atoms with Crippen LogP contribution in [0.4, 0.5) is 20.6 Å². The summed E-state index contributed by atoms with van der Waals surface area (Å²) in [6.45, 7) is 0.156. The number of urea groups is 1. The fourth-order valence-corrected chi connectivity index (χ4v) is 3.96. The minimum Gasteiger partial charge on any atom is -0.497 e. The van der Waals surface area contributed by atoms with E-state index in [4.69, 9.17) is 4.74 Å². The Bertz CT molecular complexity index is 995. The zero-order chi connectivity index (χ0) is 18.8. The second-order valence-electron chi connectivity index (χ2n) is 6.01. The maximum Gasteiger partial charge on any atom is 0.339 e. The van der Waals surface area contributed by atoms with Crippen molar-refractivity contribution in [2.75, 3.05) is 16.3 Å². The Morgan fingerprint density at radius 3 is 2.59 bits per heavy atom. The number of hydrogen-bond acceptors (Lipinski definition) is 3. The van der Waals surface area contributed by atoms with Gasteiger partial charge in [0.1, 0.15) is 11.6 Å². The average molecular weight is 380 g/mol. The van der Waals surface area contributed by atoms with Crippen molar-refractivity contribution in [1.29, 1.82) is 0 Å². The molecule has 1 aliphatic heterocycles. The topological polar surface area (TPSA) is 32.8 Å². The van der Waals surface area contributed by atoms with Gasteiger partial charge in [0.25, 0.3) is 0 Å². The Kier molecular flexibility index (Phi) is 4.73. The van der Waals surface area contributed by atoms with Gasteiger partial charge in [0.05, 0.1) is 29.9 Å². The quantitative estimate of drug-likeness (QED) is 0.561. The number of para-hydroxylation sites is 1. The molecule has 3 aromatic rings. The van der Waals surface area contributed by atoms with Gasteiger partial charge in [-0.3, -0.25) is 4.90 Å². The second-order valence-corrected chi connectivity index (χ2v) is 7.00. The third-order valence-electron chi connectivity index (χ3n) is 4.32. The van der Waals surface area contributed by atoms with E-state index in [0.29, 0.717) is 17.0 Å². The van der Waals surface area contributed by atoms with E-state index in [1.165, 1.54) is 18.0 Å². The van der Waals surface area contributed by atoms with Gasteiger partial charge in [-0.15, -0.1) is 0 Å². The lowest BCUT2D eigenvalue weighted by Crippen LogP contribution is -2.43. The molecule has 27 heavy (non-hydrogen) atoms. The van der Waals surface area contributed by atoms with E-state index >= 15 is 0 Å². The maximum atomic E-state index is 14.2. The predicted octanol–water partition coefficient (Wildman–Crippen LogP) is 5.49. The molecule has 0 atom stereocenters. The molecule has 0 N–H and O–H groups in total. The van der Waals surface area contributed by atoms with Crippen molar-refractivity contribution in [3.05, 3.63) is 84.2 Å². The van der Waals surface area contributed by atoms with Crippen LogP contribution in [0.2, 0.25) is 0 Å². The molecule has 4 nitrogen and oxygen atoms in total. The highest BCUT2D eigenvalue weighted by molar-refractivity contribution is 8.01. The molecular weight excluding hydrogens is 363 g/mol. The van der Waals surface area contributed by atoms with E-state index in [1.807, 2.05) is 42.5 Å². The number of anilines is 2. The summed E-state index contributed by atoms with van der Waals surface area (Å²) in [5.41, 5.74) is 1.95. The second kappa shape index (κ2) is 7.32. The van der Waals surface area contributed by atoms with Crippen LogP contribution in [0, 0.1) is 5.82 Å². The van der Waals surface area contributed by atoms with E-state index in [1.54, 1.807) is 40.6 Å². The molecule has 0 radical (unpaired) electrons. The third-order valence-corrected chi connectivity index (χ3v) is 5.42.